The molecule has 0 atom stereocenters. The fourth-order valence-corrected chi connectivity index (χ4v) is 6.05. The maximum atomic E-state index is 12.6. The van der Waals surface area contributed by atoms with Crippen molar-refractivity contribution in [2.75, 3.05) is 12.4 Å². The fourth-order valence-electron chi connectivity index (χ4n) is 3.06. The van der Waals surface area contributed by atoms with E-state index in [9.17, 15) is 4.79 Å². The topological polar surface area (TPSA) is 51.2 Å². The zero-order chi connectivity index (χ0) is 22.8. The highest BCUT2D eigenvalue weighted by Gasteiger charge is 2.15. The van der Waals surface area contributed by atoms with Crippen LogP contribution in [0, 0.1) is 0 Å². The summed E-state index contributed by atoms with van der Waals surface area (Å²) >= 11 is 21.2. The number of aromatic nitrogens is 1. The molecule has 0 unspecified atom stereocenters. The van der Waals surface area contributed by atoms with Gasteiger partial charge in [0.1, 0.15) is 10.8 Å². The summed E-state index contributed by atoms with van der Waals surface area (Å²) in [6, 6.07) is 14.9. The largest absolute Gasteiger partial charge is 0.495 e. The predicted octanol–water partition coefficient (Wildman–Crippen LogP) is 8.46. The molecular formula is C23H14Br2Cl2N2O2S. The molecule has 4 rings (SSSR count). The molecule has 9 heteroatoms. The molecule has 32 heavy (non-hydrogen) atoms. The second-order valence-corrected chi connectivity index (χ2v) is 10.2. The van der Waals surface area contributed by atoms with Crippen molar-refractivity contribution in [1.82, 2.24) is 4.98 Å². The smallest absolute Gasteiger partial charge is 0.248 e. The Bertz CT molecular complexity index is 1340. The molecular weight excluding hydrogens is 599 g/mol. The molecule has 0 saturated heterocycles. The fraction of sp³-hybridized carbons (Fsp3) is 0.0435. The van der Waals surface area contributed by atoms with Crippen LogP contribution in [-0.2, 0) is 4.79 Å². The maximum Gasteiger partial charge on any atom is 0.248 e. The minimum absolute atomic E-state index is 0.337. The molecule has 1 amide bonds. The molecule has 0 saturated carbocycles. The van der Waals surface area contributed by atoms with E-state index in [2.05, 4.69) is 42.2 Å². The number of para-hydroxylation sites is 1. The van der Waals surface area contributed by atoms with Gasteiger partial charge in [0, 0.05) is 21.7 Å². The summed E-state index contributed by atoms with van der Waals surface area (Å²) in [6.45, 7) is 0. The van der Waals surface area contributed by atoms with E-state index in [-0.39, 0.29) is 5.91 Å². The van der Waals surface area contributed by atoms with Crippen LogP contribution < -0.4 is 10.1 Å². The number of fused-ring (bicyclic) bond motifs is 1. The van der Waals surface area contributed by atoms with Crippen molar-refractivity contribution in [2.24, 2.45) is 0 Å². The van der Waals surface area contributed by atoms with Crippen molar-refractivity contribution < 1.29 is 9.53 Å². The van der Waals surface area contributed by atoms with Crippen molar-refractivity contribution in [2.45, 2.75) is 0 Å². The third kappa shape index (κ3) is 5.02. The number of ether oxygens (including phenoxy) is 1. The SMILES string of the molecule is COc1c(Br)cc(Br)cc1C=CC(=O)Nc1cc(-c2nc3ccccc3s2)c(Cl)cc1Cl. The number of carbonyl (C=O) groups excluding carboxylic acids is 1. The Morgan fingerprint density at radius 2 is 1.91 bits per heavy atom. The molecule has 0 aliphatic heterocycles. The first kappa shape index (κ1) is 23.3. The molecule has 0 aliphatic rings. The van der Waals surface area contributed by atoms with E-state index in [1.807, 2.05) is 36.4 Å². The first-order chi connectivity index (χ1) is 15.4. The number of rotatable bonds is 5. The number of thiazole rings is 1. The van der Waals surface area contributed by atoms with Gasteiger partial charge in [-0.3, -0.25) is 4.79 Å². The van der Waals surface area contributed by atoms with Crippen LogP contribution >= 0.6 is 66.4 Å². The lowest BCUT2D eigenvalue weighted by Crippen LogP contribution is -2.08. The molecule has 0 fully saturated rings. The predicted molar refractivity (Wildman–Crippen MR) is 141 cm³/mol. The molecule has 0 spiro atoms. The minimum atomic E-state index is -0.345. The second kappa shape index (κ2) is 9.93. The zero-order valence-electron chi connectivity index (χ0n) is 16.5. The number of nitrogens with zero attached hydrogens (tertiary/aromatic N) is 1. The number of hydrogen-bond donors (Lipinski definition) is 1. The standard InChI is InChI=1S/C23H14Br2Cl2N2O2S/c1-31-22-12(8-13(24)9-15(22)25)6-7-21(30)28-19-10-14(16(26)11-17(19)27)23-29-18-4-2-3-5-20(18)32-23/h2-11H,1H3,(H,28,30). The maximum absolute atomic E-state index is 12.6. The van der Waals surface area contributed by atoms with E-state index < -0.39 is 0 Å². The first-order valence-corrected chi connectivity index (χ1v) is 12.4. The van der Waals surface area contributed by atoms with Crippen LogP contribution in [0.4, 0.5) is 5.69 Å². The van der Waals surface area contributed by atoms with Gasteiger partial charge in [0.15, 0.2) is 0 Å². The summed E-state index contributed by atoms with van der Waals surface area (Å²) in [4.78, 5) is 17.3. The van der Waals surface area contributed by atoms with E-state index in [1.54, 1.807) is 25.3 Å². The van der Waals surface area contributed by atoms with Crippen LogP contribution in [-0.4, -0.2) is 18.0 Å². The molecule has 0 bridgehead atoms. The van der Waals surface area contributed by atoms with Gasteiger partial charge in [0.2, 0.25) is 5.91 Å². The quantitative estimate of drug-likeness (QED) is 0.230. The van der Waals surface area contributed by atoms with Crippen LogP contribution in [0.25, 0.3) is 26.9 Å². The summed E-state index contributed by atoms with van der Waals surface area (Å²) in [6.07, 6.45) is 3.08. The summed E-state index contributed by atoms with van der Waals surface area (Å²) in [5.74, 6) is 0.280. The summed E-state index contributed by atoms with van der Waals surface area (Å²) in [7, 11) is 1.57. The average molecular weight is 613 g/mol. The van der Waals surface area contributed by atoms with Gasteiger partial charge in [-0.1, -0.05) is 51.3 Å². The molecule has 0 radical (unpaired) electrons. The molecule has 4 aromatic rings. The van der Waals surface area contributed by atoms with Crippen LogP contribution in [0.2, 0.25) is 10.0 Å². The van der Waals surface area contributed by atoms with Crippen molar-refractivity contribution in [1.29, 1.82) is 0 Å². The number of methoxy groups -OCH3 is 1. The highest BCUT2D eigenvalue weighted by atomic mass is 79.9. The molecule has 3 aromatic carbocycles. The number of anilines is 1. The Morgan fingerprint density at radius 3 is 2.66 bits per heavy atom. The molecule has 4 nitrogen and oxygen atoms in total. The van der Waals surface area contributed by atoms with Crippen LogP contribution in [0.3, 0.4) is 0 Å². The molecule has 0 aliphatic carbocycles. The Balaban J connectivity index is 1.61. The van der Waals surface area contributed by atoms with Crippen LogP contribution in [0.15, 0.2) is 63.6 Å². The number of benzene rings is 3. The third-order valence-corrected chi connectivity index (χ3v) is 7.24. The van der Waals surface area contributed by atoms with E-state index >= 15 is 0 Å². The van der Waals surface area contributed by atoms with Gasteiger partial charge in [-0.25, -0.2) is 4.98 Å². The molecule has 1 aromatic heterocycles. The second-order valence-electron chi connectivity index (χ2n) is 6.63. The summed E-state index contributed by atoms with van der Waals surface area (Å²) in [5.41, 5.74) is 2.78. The van der Waals surface area contributed by atoms with E-state index in [4.69, 9.17) is 27.9 Å². The van der Waals surface area contributed by atoms with Crippen molar-refractivity contribution in [3.05, 3.63) is 79.2 Å². The molecule has 1 heterocycles. The van der Waals surface area contributed by atoms with Crippen LogP contribution in [0.1, 0.15) is 5.56 Å². The van der Waals surface area contributed by atoms with Gasteiger partial charge in [-0.2, -0.15) is 0 Å². The first-order valence-electron chi connectivity index (χ1n) is 9.23. The lowest BCUT2D eigenvalue weighted by molar-refractivity contribution is -0.111. The molecule has 1 N–H and O–H groups in total. The van der Waals surface area contributed by atoms with Gasteiger partial charge in [0.25, 0.3) is 0 Å². The number of halogens is 4. The minimum Gasteiger partial charge on any atom is -0.495 e. The lowest BCUT2D eigenvalue weighted by Gasteiger charge is -2.10. The Kier molecular flexibility index (Phi) is 7.22. The van der Waals surface area contributed by atoms with E-state index in [1.165, 1.54) is 17.4 Å². The van der Waals surface area contributed by atoms with Crippen molar-refractivity contribution in [3.8, 4) is 16.3 Å². The van der Waals surface area contributed by atoms with E-state index in [0.717, 1.165) is 29.7 Å². The van der Waals surface area contributed by atoms with Gasteiger partial charge in [-0.05, 0) is 58.4 Å². The normalized spacial score (nSPS) is 11.3. The van der Waals surface area contributed by atoms with Gasteiger partial charge in [0.05, 0.1) is 37.5 Å². The van der Waals surface area contributed by atoms with E-state index in [0.29, 0.717) is 27.0 Å². The van der Waals surface area contributed by atoms with Crippen LogP contribution in [0.5, 0.6) is 5.75 Å². The third-order valence-electron chi connectivity index (χ3n) is 4.49. The number of hydrogen-bond acceptors (Lipinski definition) is 4. The van der Waals surface area contributed by atoms with Crippen molar-refractivity contribution >= 4 is 94.3 Å². The number of amides is 1. The van der Waals surface area contributed by atoms with Gasteiger partial charge in [-0.15, -0.1) is 11.3 Å². The van der Waals surface area contributed by atoms with Gasteiger partial charge < -0.3 is 10.1 Å². The summed E-state index contributed by atoms with van der Waals surface area (Å²) in [5, 5.41) is 4.37. The number of carbonyl (C=O) groups is 1. The average Bonchev–Trinajstić information content (AvgIpc) is 3.17. The van der Waals surface area contributed by atoms with Crippen molar-refractivity contribution in [3.63, 3.8) is 0 Å². The summed E-state index contributed by atoms with van der Waals surface area (Å²) < 4.78 is 8.09. The monoisotopic (exact) mass is 610 g/mol. The number of nitrogens with one attached hydrogen (secondary N) is 1. The Hall–Kier alpha value is -1.90. The highest BCUT2D eigenvalue weighted by molar-refractivity contribution is 9.11. The van der Waals surface area contributed by atoms with Gasteiger partial charge >= 0.3 is 0 Å². The Labute approximate surface area is 215 Å². The zero-order valence-corrected chi connectivity index (χ0v) is 22.0. The highest BCUT2D eigenvalue weighted by Crippen LogP contribution is 2.39. The molecule has 162 valence electrons. The lowest BCUT2D eigenvalue weighted by atomic mass is 10.1. The Morgan fingerprint density at radius 1 is 1.12 bits per heavy atom.